The number of ether oxygens (including phenoxy) is 1. The first-order chi connectivity index (χ1) is 11.5. The van der Waals surface area contributed by atoms with Crippen LogP contribution >= 0.6 is 0 Å². The molecule has 1 aromatic carbocycles. The summed E-state index contributed by atoms with van der Waals surface area (Å²) >= 11 is 0. The van der Waals surface area contributed by atoms with Crippen LogP contribution in [-0.4, -0.2) is 42.3 Å². The Morgan fingerprint density at radius 3 is 2.62 bits per heavy atom. The molecule has 1 aromatic rings. The number of benzene rings is 1. The lowest BCUT2D eigenvalue weighted by atomic mass is 10.1. The highest BCUT2D eigenvalue weighted by Gasteiger charge is 2.26. The smallest absolute Gasteiger partial charge is 0.317 e. The number of nitrogens with one attached hydrogen (secondary N) is 1. The Balaban J connectivity index is 1.81. The first-order valence-electron chi connectivity index (χ1n) is 8.88. The third-order valence-corrected chi connectivity index (χ3v) is 4.52. The van der Waals surface area contributed by atoms with Crippen molar-refractivity contribution in [3.63, 3.8) is 0 Å². The summed E-state index contributed by atoms with van der Waals surface area (Å²) in [5.41, 5.74) is 1.05. The van der Waals surface area contributed by atoms with Gasteiger partial charge in [0.2, 0.25) is 0 Å². The molecule has 2 amide bonds. The van der Waals surface area contributed by atoms with Crippen LogP contribution in [0.2, 0.25) is 0 Å². The van der Waals surface area contributed by atoms with E-state index >= 15 is 0 Å². The number of hydrogen-bond donors (Lipinski definition) is 2. The summed E-state index contributed by atoms with van der Waals surface area (Å²) in [6, 6.07) is 7.78. The van der Waals surface area contributed by atoms with Gasteiger partial charge < -0.3 is 20.1 Å². The number of hydrogen-bond acceptors (Lipinski definition) is 3. The van der Waals surface area contributed by atoms with Gasteiger partial charge in [-0.3, -0.25) is 0 Å². The third-order valence-electron chi connectivity index (χ3n) is 4.52. The SMILES string of the molecule is CC(C)CCOc1ccc(C(C)NC(=O)N2CCC(CO)C2)cc1. The molecule has 24 heavy (non-hydrogen) atoms. The number of amides is 2. The van der Waals surface area contributed by atoms with E-state index in [1.54, 1.807) is 4.90 Å². The molecule has 1 heterocycles. The van der Waals surface area contributed by atoms with Crippen LogP contribution in [0.5, 0.6) is 5.75 Å². The monoisotopic (exact) mass is 334 g/mol. The Morgan fingerprint density at radius 1 is 1.33 bits per heavy atom. The summed E-state index contributed by atoms with van der Waals surface area (Å²) in [6.45, 7) is 8.57. The summed E-state index contributed by atoms with van der Waals surface area (Å²) in [5, 5.41) is 12.2. The second-order valence-corrected chi connectivity index (χ2v) is 7.05. The summed E-state index contributed by atoms with van der Waals surface area (Å²) in [7, 11) is 0. The van der Waals surface area contributed by atoms with Gasteiger partial charge >= 0.3 is 6.03 Å². The number of nitrogens with zero attached hydrogens (tertiary/aromatic N) is 1. The fourth-order valence-electron chi connectivity index (χ4n) is 2.79. The van der Waals surface area contributed by atoms with E-state index in [-0.39, 0.29) is 24.6 Å². The van der Waals surface area contributed by atoms with E-state index in [4.69, 9.17) is 4.74 Å². The largest absolute Gasteiger partial charge is 0.494 e. The molecular weight excluding hydrogens is 304 g/mol. The van der Waals surface area contributed by atoms with Gasteiger partial charge in [-0.05, 0) is 43.4 Å². The van der Waals surface area contributed by atoms with E-state index in [9.17, 15) is 9.90 Å². The van der Waals surface area contributed by atoms with Crippen molar-refractivity contribution >= 4 is 6.03 Å². The Kier molecular flexibility index (Phi) is 6.91. The number of carbonyl (C=O) groups excluding carboxylic acids is 1. The summed E-state index contributed by atoms with van der Waals surface area (Å²) < 4.78 is 5.72. The molecule has 0 aromatic heterocycles. The van der Waals surface area contributed by atoms with Crippen molar-refractivity contribution < 1.29 is 14.6 Å². The maximum Gasteiger partial charge on any atom is 0.317 e. The fraction of sp³-hybridized carbons (Fsp3) is 0.632. The molecule has 0 saturated carbocycles. The van der Waals surface area contributed by atoms with Crippen LogP contribution in [0.25, 0.3) is 0 Å². The van der Waals surface area contributed by atoms with Gasteiger partial charge in [-0.1, -0.05) is 26.0 Å². The molecule has 134 valence electrons. The van der Waals surface area contributed by atoms with E-state index in [2.05, 4.69) is 19.2 Å². The second kappa shape index (κ2) is 8.92. The van der Waals surface area contributed by atoms with Gasteiger partial charge in [-0.15, -0.1) is 0 Å². The van der Waals surface area contributed by atoms with Crippen molar-refractivity contribution in [1.29, 1.82) is 0 Å². The van der Waals surface area contributed by atoms with Gasteiger partial charge in [0, 0.05) is 25.6 Å². The molecule has 1 fully saturated rings. The van der Waals surface area contributed by atoms with Gasteiger partial charge in [-0.2, -0.15) is 0 Å². The summed E-state index contributed by atoms with van der Waals surface area (Å²) in [6.07, 6.45) is 1.92. The van der Waals surface area contributed by atoms with Crippen molar-refractivity contribution in [2.24, 2.45) is 11.8 Å². The van der Waals surface area contributed by atoms with Crippen LogP contribution in [0.4, 0.5) is 4.79 Å². The molecule has 2 rings (SSSR count). The predicted molar refractivity (Wildman–Crippen MR) is 95.1 cm³/mol. The highest BCUT2D eigenvalue weighted by Crippen LogP contribution is 2.20. The first kappa shape index (κ1) is 18.6. The molecule has 1 saturated heterocycles. The Bertz CT molecular complexity index is 516. The molecule has 2 N–H and O–H groups in total. The summed E-state index contributed by atoms with van der Waals surface area (Å²) in [5.74, 6) is 1.71. The van der Waals surface area contributed by atoms with Crippen molar-refractivity contribution in [1.82, 2.24) is 10.2 Å². The van der Waals surface area contributed by atoms with Gasteiger partial charge in [0.25, 0.3) is 0 Å². The highest BCUT2D eigenvalue weighted by molar-refractivity contribution is 5.75. The van der Waals surface area contributed by atoms with E-state index in [0.29, 0.717) is 19.0 Å². The average molecular weight is 334 g/mol. The zero-order valence-corrected chi connectivity index (χ0v) is 15.0. The third kappa shape index (κ3) is 5.41. The van der Waals surface area contributed by atoms with Gasteiger partial charge in [-0.25, -0.2) is 4.79 Å². The number of aliphatic hydroxyl groups excluding tert-OH is 1. The average Bonchev–Trinajstić information content (AvgIpc) is 3.04. The van der Waals surface area contributed by atoms with Gasteiger partial charge in [0.05, 0.1) is 12.6 Å². The lowest BCUT2D eigenvalue weighted by Gasteiger charge is -2.21. The van der Waals surface area contributed by atoms with Crippen LogP contribution in [0.1, 0.15) is 45.2 Å². The predicted octanol–water partition coefficient (Wildman–Crippen LogP) is 3.20. The lowest BCUT2D eigenvalue weighted by molar-refractivity contribution is 0.195. The molecule has 5 heteroatoms. The minimum absolute atomic E-state index is 0.0595. The fourth-order valence-corrected chi connectivity index (χ4v) is 2.79. The zero-order chi connectivity index (χ0) is 17.5. The van der Waals surface area contributed by atoms with E-state index in [1.165, 1.54) is 0 Å². The summed E-state index contributed by atoms with van der Waals surface area (Å²) in [4.78, 5) is 14.0. The quantitative estimate of drug-likeness (QED) is 0.805. The van der Waals surface area contributed by atoms with Crippen LogP contribution < -0.4 is 10.1 Å². The minimum atomic E-state index is -0.0598. The van der Waals surface area contributed by atoms with Gasteiger partial charge in [0.1, 0.15) is 5.75 Å². The Hall–Kier alpha value is -1.75. The van der Waals surface area contributed by atoms with Crippen molar-refractivity contribution in [3.05, 3.63) is 29.8 Å². The highest BCUT2D eigenvalue weighted by atomic mass is 16.5. The molecule has 2 atom stereocenters. The molecule has 0 radical (unpaired) electrons. The maximum absolute atomic E-state index is 12.3. The van der Waals surface area contributed by atoms with E-state index in [0.717, 1.165) is 30.8 Å². The first-order valence-corrected chi connectivity index (χ1v) is 8.88. The lowest BCUT2D eigenvalue weighted by Crippen LogP contribution is -2.39. The van der Waals surface area contributed by atoms with Crippen molar-refractivity contribution in [3.8, 4) is 5.75 Å². The van der Waals surface area contributed by atoms with E-state index in [1.807, 2.05) is 31.2 Å². The standard InChI is InChI=1S/C19H30N2O3/c1-14(2)9-11-24-18-6-4-17(5-7-18)15(3)20-19(23)21-10-8-16(12-21)13-22/h4-7,14-16,22H,8-13H2,1-3H3,(H,20,23). The molecule has 0 aliphatic carbocycles. The normalized spacial score (nSPS) is 18.7. The van der Waals surface area contributed by atoms with Crippen molar-refractivity contribution in [2.75, 3.05) is 26.3 Å². The second-order valence-electron chi connectivity index (χ2n) is 7.05. The zero-order valence-electron chi connectivity index (χ0n) is 15.0. The van der Waals surface area contributed by atoms with Gasteiger partial charge in [0.15, 0.2) is 0 Å². The molecule has 1 aliphatic rings. The topological polar surface area (TPSA) is 61.8 Å². The van der Waals surface area contributed by atoms with Crippen molar-refractivity contribution in [2.45, 2.75) is 39.7 Å². The number of aliphatic hydroxyl groups is 1. The number of urea groups is 1. The molecule has 1 aliphatic heterocycles. The Labute approximate surface area is 145 Å². The molecule has 5 nitrogen and oxygen atoms in total. The van der Waals surface area contributed by atoms with Crippen LogP contribution in [0.3, 0.4) is 0 Å². The molecular formula is C19H30N2O3. The molecule has 0 spiro atoms. The molecule has 0 bridgehead atoms. The number of rotatable bonds is 7. The molecule has 2 unspecified atom stereocenters. The van der Waals surface area contributed by atoms with Crippen LogP contribution in [0, 0.1) is 11.8 Å². The minimum Gasteiger partial charge on any atom is -0.494 e. The number of likely N-dealkylation sites (tertiary alicyclic amines) is 1. The van der Waals surface area contributed by atoms with Crippen LogP contribution in [0.15, 0.2) is 24.3 Å². The number of carbonyl (C=O) groups is 1. The van der Waals surface area contributed by atoms with Crippen LogP contribution in [-0.2, 0) is 0 Å². The van der Waals surface area contributed by atoms with E-state index < -0.39 is 0 Å². The Morgan fingerprint density at radius 2 is 2.04 bits per heavy atom. The maximum atomic E-state index is 12.3.